The Kier molecular flexibility index (Phi) is 6.91. The molecule has 3 unspecified atom stereocenters. The van der Waals surface area contributed by atoms with Gasteiger partial charge in [0, 0.05) is 22.7 Å². The molecule has 8 atom stereocenters. The zero-order chi connectivity index (χ0) is 29.4. The smallest absolute Gasteiger partial charge is 0.309 e. The number of ketones is 2. The van der Waals surface area contributed by atoms with Crippen molar-refractivity contribution in [2.75, 3.05) is 6.61 Å². The number of carbonyl (C=O) groups is 4. The Bertz CT molecular complexity index is 1210. The molecule has 0 bridgehead atoms. The minimum Gasteiger partial charge on any atom is -0.457 e. The van der Waals surface area contributed by atoms with Gasteiger partial charge in [-0.25, -0.2) is 4.39 Å². The molecule has 0 aromatic heterocycles. The normalized spacial score (nSPS) is 43.8. The Hall–Kier alpha value is -2.35. The maximum atomic E-state index is 17.6. The van der Waals surface area contributed by atoms with Crippen molar-refractivity contribution in [1.29, 1.82) is 0 Å². The molecule has 41 heavy (non-hydrogen) atoms. The second kappa shape index (κ2) is 9.85. The molecule has 6 aliphatic carbocycles. The van der Waals surface area contributed by atoms with Crippen LogP contribution in [0, 0.1) is 40.4 Å². The predicted molar refractivity (Wildman–Crippen MR) is 147 cm³/mol. The standard InChI is InChI=1S/C33H43FO7/c1-19-15-25-24-12-11-22-16-23(35)13-14-30(22,2)32(24,34)26(36)17-31(25,3)33(19,41-29(39)21-9-10-21)27(37)18-40-28(38)20-7-5-4-6-8-20/h13-14,16,19-21,24-26,36H,4-12,15,17-18H2,1-3H3/t19-,24?,25?,26?,30+,31+,32+,33+/m1/s1. The van der Waals surface area contributed by atoms with Gasteiger partial charge in [0.05, 0.1) is 17.9 Å². The second-order valence-corrected chi connectivity index (χ2v) is 14.2. The maximum absolute atomic E-state index is 17.6. The third-order valence-electron chi connectivity index (χ3n) is 12.1. The summed E-state index contributed by atoms with van der Waals surface area (Å²) in [6.07, 6.45) is 10.2. The van der Waals surface area contributed by atoms with E-state index in [2.05, 4.69) is 0 Å². The summed E-state index contributed by atoms with van der Waals surface area (Å²) in [6.45, 7) is 4.98. The van der Waals surface area contributed by atoms with Crippen LogP contribution in [0.25, 0.3) is 0 Å². The SMILES string of the molecule is C[C@@H]1CC2C3CCC4=CC(=O)C=C[C@]4(C)[C@@]3(F)C(O)C[C@]2(C)[C@@]1(OC(=O)C1CC1)C(=O)COC(=O)C1CCCCC1. The number of hydrogen-bond acceptors (Lipinski definition) is 7. The molecule has 5 fully saturated rings. The summed E-state index contributed by atoms with van der Waals surface area (Å²) >= 11 is 0. The van der Waals surface area contributed by atoms with E-state index < -0.39 is 64.4 Å². The molecule has 1 N–H and O–H groups in total. The topological polar surface area (TPSA) is 107 Å². The van der Waals surface area contributed by atoms with Crippen LogP contribution in [0.2, 0.25) is 0 Å². The first-order valence-electron chi connectivity index (χ1n) is 15.6. The van der Waals surface area contributed by atoms with Crippen LogP contribution >= 0.6 is 0 Å². The summed E-state index contributed by atoms with van der Waals surface area (Å²) < 4.78 is 29.5. The fourth-order valence-electron chi connectivity index (χ4n) is 9.66. The van der Waals surface area contributed by atoms with Gasteiger partial charge in [-0.15, -0.1) is 0 Å². The highest BCUT2D eigenvalue weighted by atomic mass is 19.1. The molecule has 8 heteroatoms. The van der Waals surface area contributed by atoms with Crippen LogP contribution < -0.4 is 0 Å². The van der Waals surface area contributed by atoms with E-state index in [-0.39, 0.29) is 30.0 Å². The highest BCUT2D eigenvalue weighted by Gasteiger charge is 2.77. The largest absolute Gasteiger partial charge is 0.457 e. The van der Waals surface area contributed by atoms with Crippen LogP contribution in [0.3, 0.4) is 0 Å². The lowest BCUT2D eigenvalue weighted by Crippen LogP contribution is -2.70. The first-order chi connectivity index (χ1) is 19.4. The van der Waals surface area contributed by atoms with Crippen molar-refractivity contribution in [3.8, 4) is 0 Å². The molecule has 0 saturated heterocycles. The zero-order valence-electron chi connectivity index (χ0n) is 24.5. The third kappa shape index (κ3) is 4.05. The molecule has 0 amide bonds. The molecule has 6 aliphatic rings. The third-order valence-corrected chi connectivity index (χ3v) is 12.1. The minimum absolute atomic E-state index is 0.0834. The van der Waals surface area contributed by atoms with Crippen LogP contribution in [0.1, 0.15) is 91.4 Å². The van der Waals surface area contributed by atoms with E-state index in [1.54, 1.807) is 13.0 Å². The van der Waals surface area contributed by atoms with Crippen LogP contribution in [0.5, 0.6) is 0 Å². The number of hydrogen-bond donors (Lipinski definition) is 1. The summed E-state index contributed by atoms with van der Waals surface area (Å²) in [5.41, 5.74) is -5.21. The average Bonchev–Trinajstić information content (AvgIpc) is 3.77. The molecule has 0 heterocycles. The van der Waals surface area contributed by atoms with Gasteiger partial charge in [-0.1, -0.05) is 44.8 Å². The van der Waals surface area contributed by atoms with Crippen LogP contribution in [0.4, 0.5) is 4.39 Å². The molecule has 0 aliphatic heterocycles. The van der Waals surface area contributed by atoms with Gasteiger partial charge >= 0.3 is 11.9 Å². The Labute approximate surface area is 241 Å². The number of fused-ring (bicyclic) bond motifs is 5. The molecule has 6 rings (SSSR count). The number of aliphatic hydroxyl groups excluding tert-OH is 1. The van der Waals surface area contributed by atoms with Crippen molar-refractivity contribution in [1.82, 2.24) is 0 Å². The van der Waals surface area contributed by atoms with E-state index in [4.69, 9.17) is 9.47 Å². The molecule has 0 aromatic carbocycles. The van der Waals surface area contributed by atoms with Gasteiger partial charge in [0.15, 0.2) is 23.7 Å². The Morgan fingerprint density at radius 2 is 1.68 bits per heavy atom. The van der Waals surface area contributed by atoms with Crippen molar-refractivity contribution >= 4 is 23.5 Å². The summed E-state index contributed by atoms with van der Waals surface area (Å²) in [5, 5.41) is 11.7. The van der Waals surface area contributed by atoms with Gasteiger partial charge in [-0.2, -0.15) is 0 Å². The van der Waals surface area contributed by atoms with E-state index in [1.807, 2.05) is 13.8 Å². The van der Waals surface area contributed by atoms with E-state index in [0.717, 1.165) is 32.1 Å². The average molecular weight is 571 g/mol. The fourth-order valence-corrected chi connectivity index (χ4v) is 9.66. The summed E-state index contributed by atoms with van der Waals surface area (Å²) in [4.78, 5) is 52.6. The molecule has 0 radical (unpaired) electrons. The summed E-state index contributed by atoms with van der Waals surface area (Å²) in [6, 6.07) is 0. The van der Waals surface area contributed by atoms with Crippen molar-refractivity contribution in [3.63, 3.8) is 0 Å². The van der Waals surface area contributed by atoms with Crippen molar-refractivity contribution < 1.29 is 38.1 Å². The first kappa shape index (κ1) is 28.8. The highest BCUT2D eigenvalue weighted by Crippen LogP contribution is 2.71. The number of allylic oxidation sites excluding steroid dienone is 4. The monoisotopic (exact) mass is 570 g/mol. The molecular weight excluding hydrogens is 527 g/mol. The molecule has 7 nitrogen and oxygen atoms in total. The van der Waals surface area contributed by atoms with Crippen molar-refractivity contribution in [2.24, 2.45) is 40.4 Å². The van der Waals surface area contributed by atoms with Crippen LogP contribution in [-0.2, 0) is 28.7 Å². The molecule has 0 spiro atoms. The lowest BCUT2D eigenvalue weighted by Gasteiger charge is -2.62. The van der Waals surface area contributed by atoms with Gasteiger partial charge < -0.3 is 14.6 Å². The van der Waals surface area contributed by atoms with E-state index in [1.165, 1.54) is 12.2 Å². The van der Waals surface area contributed by atoms with E-state index >= 15 is 4.39 Å². The van der Waals surface area contributed by atoms with Crippen molar-refractivity contribution in [3.05, 3.63) is 23.8 Å². The van der Waals surface area contributed by atoms with Gasteiger partial charge in [0.1, 0.15) is 0 Å². The highest BCUT2D eigenvalue weighted by molar-refractivity contribution is 6.01. The maximum Gasteiger partial charge on any atom is 0.309 e. The van der Waals surface area contributed by atoms with E-state index in [0.29, 0.717) is 37.7 Å². The summed E-state index contributed by atoms with van der Waals surface area (Å²) in [7, 11) is 0. The number of aliphatic hydroxyl groups is 1. The van der Waals surface area contributed by atoms with Crippen LogP contribution in [0.15, 0.2) is 23.8 Å². The number of alkyl halides is 1. The number of Topliss-reactive ketones (excluding diaryl/α,β-unsaturated/α-hetero) is 1. The molecule has 0 aromatic rings. The number of rotatable bonds is 6. The quantitative estimate of drug-likeness (QED) is 0.449. The number of halogens is 1. The number of esters is 2. The lowest BCUT2D eigenvalue weighted by molar-refractivity contribution is -0.229. The number of carbonyl (C=O) groups excluding carboxylic acids is 4. The predicted octanol–water partition coefficient (Wildman–Crippen LogP) is 4.99. The Morgan fingerprint density at radius 1 is 1.00 bits per heavy atom. The van der Waals surface area contributed by atoms with Gasteiger partial charge in [-0.3, -0.25) is 19.2 Å². The number of ether oxygens (including phenoxy) is 2. The first-order valence-corrected chi connectivity index (χ1v) is 15.6. The Balaban J connectivity index is 1.35. The minimum atomic E-state index is -2.05. The Morgan fingerprint density at radius 3 is 2.37 bits per heavy atom. The summed E-state index contributed by atoms with van der Waals surface area (Å²) in [5.74, 6) is -3.40. The van der Waals surface area contributed by atoms with Gasteiger partial charge in [0.25, 0.3) is 0 Å². The van der Waals surface area contributed by atoms with Gasteiger partial charge in [-0.05, 0) is 76.4 Å². The molecule has 224 valence electrons. The zero-order valence-corrected chi connectivity index (χ0v) is 24.5. The second-order valence-electron chi connectivity index (χ2n) is 14.2. The molecule has 5 saturated carbocycles. The van der Waals surface area contributed by atoms with Crippen molar-refractivity contribution in [2.45, 2.75) is 109 Å². The lowest BCUT2D eigenvalue weighted by atomic mass is 9.44. The van der Waals surface area contributed by atoms with E-state index in [9.17, 15) is 24.3 Å². The molecular formula is C33H43FO7. The van der Waals surface area contributed by atoms with Crippen LogP contribution in [-0.4, -0.2) is 52.6 Å². The van der Waals surface area contributed by atoms with Gasteiger partial charge in [0.2, 0.25) is 5.78 Å². The fraction of sp³-hybridized carbons (Fsp3) is 0.758.